The largest absolute Gasteiger partial charge is 0.300 e. The Hall–Kier alpha value is -0.890. The van der Waals surface area contributed by atoms with Gasteiger partial charge >= 0.3 is 0 Å². The zero-order valence-corrected chi connectivity index (χ0v) is 8.94. The molecule has 1 atom stereocenters. The van der Waals surface area contributed by atoms with Gasteiger partial charge in [-0.3, -0.25) is 4.79 Å². The minimum absolute atomic E-state index is 0.0490. The van der Waals surface area contributed by atoms with Gasteiger partial charge in [-0.2, -0.15) is 0 Å². The average Bonchev–Trinajstić information content (AvgIpc) is 2.07. The lowest BCUT2D eigenvalue weighted by atomic mass is 10.1. The summed E-state index contributed by atoms with van der Waals surface area (Å²) in [4.78, 5) is 10.9. The van der Waals surface area contributed by atoms with E-state index in [9.17, 15) is 9.18 Å². The first-order valence-corrected chi connectivity index (χ1v) is 4.80. The van der Waals surface area contributed by atoms with E-state index >= 15 is 0 Å². The summed E-state index contributed by atoms with van der Waals surface area (Å²) in [6.45, 7) is 2.96. The Balaban J connectivity index is 2.95. The summed E-state index contributed by atoms with van der Waals surface area (Å²) in [5, 5.41) is 0.460. The SMILES string of the molecule is CC(=O)Cc1ccc(C(C)F)cc1Cl. The van der Waals surface area contributed by atoms with Crippen LogP contribution >= 0.6 is 11.6 Å². The van der Waals surface area contributed by atoms with E-state index in [0.717, 1.165) is 5.56 Å². The van der Waals surface area contributed by atoms with Crippen LogP contribution in [0.2, 0.25) is 5.02 Å². The van der Waals surface area contributed by atoms with Crippen LogP contribution in [0.3, 0.4) is 0 Å². The summed E-state index contributed by atoms with van der Waals surface area (Å²) in [6, 6.07) is 4.94. The Kier molecular flexibility index (Phi) is 3.64. The molecule has 0 N–H and O–H groups in total. The summed E-state index contributed by atoms with van der Waals surface area (Å²) < 4.78 is 12.9. The maximum absolute atomic E-state index is 12.9. The molecule has 0 heterocycles. The summed E-state index contributed by atoms with van der Waals surface area (Å²) in [7, 11) is 0. The van der Waals surface area contributed by atoms with Crippen LogP contribution in [0.4, 0.5) is 4.39 Å². The van der Waals surface area contributed by atoms with Gasteiger partial charge in [-0.25, -0.2) is 4.39 Å². The lowest BCUT2D eigenvalue weighted by molar-refractivity contribution is -0.116. The molecule has 0 amide bonds. The van der Waals surface area contributed by atoms with Crippen LogP contribution in [0, 0.1) is 0 Å². The standard InChI is InChI=1S/C11H12ClFO/c1-7(14)5-10-4-3-9(8(2)13)6-11(10)12/h3-4,6,8H,5H2,1-2H3. The monoisotopic (exact) mass is 214 g/mol. The highest BCUT2D eigenvalue weighted by Crippen LogP contribution is 2.24. The minimum Gasteiger partial charge on any atom is -0.300 e. The summed E-state index contributed by atoms with van der Waals surface area (Å²) in [5.74, 6) is 0.0490. The van der Waals surface area contributed by atoms with E-state index in [1.54, 1.807) is 18.2 Å². The van der Waals surface area contributed by atoms with E-state index in [1.807, 2.05) is 0 Å². The maximum atomic E-state index is 12.9. The van der Waals surface area contributed by atoms with Crippen molar-refractivity contribution in [1.29, 1.82) is 0 Å². The molecule has 14 heavy (non-hydrogen) atoms. The van der Waals surface area contributed by atoms with Gasteiger partial charge in [-0.15, -0.1) is 0 Å². The molecule has 0 fully saturated rings. The van der Waals surface area contributed by atoms with Gasteiger partial charge in [0.05, 0.1) is 0 Å². The van der Waals surface area contributed by atoms with E-state index in [4.69, 9.17) is 11.6 Å². The van der Waals surface area contributed by atoms with E-state index in [-0.39, 0.29) is 5.78 Å². The highest BCUT2D eigenvalue weighted by Gasteiger charge is 2.07. The Labute approximate surface area is 87.9 Å². The van der Waals surface area contributed by atoms with Crippen LogP contribution < -0.4 is 0 Å². The molecule has 1 nitrogen and oxygen atoms in total. The van der Waals surface area contributed by atoms with Crippen LogP contribution in [0.15, 0.2) is 18.2 Å². The number of alkyl halides is 1. The fraction of sp³-hybridized carbons (Fsp3) is 0.364. The van der Waals surface area contributed by atoms with Gasteiger partial charge in [0.15, 0.2) is 0 Å². The minimum atomic E-state index is -1.03. The number of Topliss-reactive ketones (excluding diaryl/α,β-unsaturated/α-hetero) is 1. The molecular formula is C11H12ClFO. The Morgan fingerprint density at radius 1 is 1.57 bits per heavy atom. The second kappa shape index (κ2) is 4.56. The molecule has 0 spiro atoms. The van der Waals surface area contributed by atoms with Crippen LogP contribution in [-0.2, 0) is 11.2 Å². The molecule has 1 unspecified atom stereocenters. The Bertz CT molecular complexity index is 347. The Morgan fingerprint density at radius 3 is 2.64 bits per heavy atom. The first kappa shape index (κ1) is 11.2. The van der Waals surface area contributed by atoms with Gasteiger partial charge in [-0.1, -0.05) is 23.7 Å². The highest BCUT2D eigenvalue weighted by molar-refractivity contribution is 6.31. The van der Waals surface area contributed by atoms with Crippen LogP contribution in [0.25, 0.3) is 0 Å². The van der Waals surface area contributed by atoms with Crippen LogP contribution in [0.1, 0.15) is 31.1 Å². The molecule has 0 aromatic heterocycles. The predicted octanol–water partition coefficient (Wildman–Crippen LogP) is 3.50. The molecule has 0 aliphatic rings. The zero-order valence-electron chi connectivity index (χ0n) is 8.18. The van der Waals surface area contributed by atoms with E-state index in [2.05, 4.69) is 0 Å². The van der Waals surface area contributed by atoms with Crippen molar-refractivity contribution in [2.45, 2.75) is 26.4 Å². The van der Waals surface area contributed by atoms with Crippen molar-refractivity contribution in [3.05, 3.63) is 34.3 Å². The molecule has 76 valence electrons. The van der Waals surface area contributed by atoms with Gasteiger partial charge in [0.1, 0.15) is 12.0 Å². The summed E-state index contributed by atoms with van der Waals surface area (Å²) >= 11 is 5.90. The fourth-order valence-corrected chi connectivity index (χ4v) is 1.48. The molecule has 0 saturated heterocycles. The van der Waals surface area contributed by atoms with Gasteiger partial charge in [0.2, 0.25) is 0 Å². The third kappa shape index (κ3) is 2.81. The fourth-order valence-electron chi connectivity index (χ4n) is 1.22. The Morgan fingerprint density at radius 2 is 2.21 bits per heavy atom. The summed E-state index contributed by atoms with van der Waals surface area (Å²) in [5.41, 5.74) is 1.30. The van der Waals surface area contributed by atoms with Gasteiger partial charge in [0.25, 0.3) is 0 Å². The topological polar surface area (TPSA) is 17.1 Å². The number of carbonyl (C=O) groups is 1. The van der Waals surface area contributed by atoms with Crippen molar-refractivity contribution in [1.82, 2.24) is 0 Å². The van der Waals surface area contributed by atoms with E-state index in [0.29, 0.717) is 17.0 Å². The highest BCUT2D eigenvalue weighted by atomic mass is 35.5. The number of ketones is 1. The molecule has 1 rings (SSSR count). The van der Waals surface area contributed by atoms with Gasteiger partial charge < -0.3 is 0 Å². The molecule has 0 saturated carbocycles. The molecule has 0 radical (unpaired) electrons. The van der Waals surface area contributed by atoms with E-state index < -0.39 is 6.17 Å². The van der Waals surface area contributed by atoms with Crippen molar-refractivity contribution < 1.29 is 9.18 Å². The molecule has 0 bridgehead atoms. The van der Waals surface area contributed by atoms with Crippen molar-refractivity contribution in [2.24, 2.45) is 0 Å². The molecule has 0 aliphatic carbocycles. The van der Waals surface area contributed by atoms with Gasteiger partial charge in [0, 0.05) is 11.4 Å². The third-order valence-corrected chi connectivity index (χ3v) is 2.33. The molecule has 1 aromatic carbocycles. The quantitative estimate of drug-likeness (QED) is 0.753. The second-order valence-electron chi connectivity index (χ2n) is 3.35. The average molecular weight is 215 g/mol. The number of rotatable bonds is 3. The zero-order chi connectivity index (χ0) is 10.7. The second-order valence-corrected chi connectivity index (χ2v) is 3.75. The number of carbonyl (C=O) groups excluding carboxylic acids is 1. The maximum Gasteiger partial charge on any atom is 0.134 e. The van der Waals surface area contributed by atoms with Gasteiger partial charge in [-0.05, 0) is 31.0 Å². The number of hydrogen-bond acceptors (Lipinski definition) is 1. The first-order chi connectivity index (χ1) is 6.50. The third-order valence-electron chi connectivity index (χ3n) is 1.98. The van der Waals surface area contributed by atoms with Crippen molar-refractivity contribution in [2.75, 3.05) is 0 Å². The van der Waals surface area contributed by atoms with Crippen LogP contribution in [-0.4, -0.2) is 5.78 Å². The predicted molar refractivity (Wildman–Crippen MR) is 55.4 cm³/mol. The van der Waals surface area contributed by atoms with Crippen molar-refractivity contribution in [3.8, 4) is 0 Å². The smallest absolute Gasteiger partial charge is 0.134 e. The number of hydrogen-bond donors (Lipinski definition) is 0. The van der Waals surface area contributed by atoms with Crippen molar-refractivity contribution in [3.63, 3.8) is 0 Å². The van der Waals surface area contributed by atoms with E-state index in [1.165, 1.54) is 13.8 Å². The van der Waals surface area contributed by atoms with Crippen molar-refractivity contribution >= 4 is 17.4 Å². The normalized spacial score (nSPS) is 12.6. The molecule has 0 aliphatic heterocycles. The lowest BCUT2D eigenvalue weighted by Crippen LogP contribution is -1.98. The number of benzene rings is 1. The molecular weight excluding hydrogens is 203 g/mol. The number of halogens is 2. The lowest BCUT2D eigenvalue weighted by Gasteiger charge is -2.06. The molecule has 3 heteroatoms. The first-order valence-electron chi connectivity index (χ1n) is 4.42. The molecule has 1 aromatic rings. The summed E-state index contributed by atoms with van der Waals surface area (Å²) in [6.07, 6.45) is -0.723. The van der Waals surface area contributed by atoms with Crippen LogP contribution in [0.5, 0.6) is 0 Å².